The Morgan fingerprint density at radius 1 is 1.60 bits per heavy atom. The van der Waals surface area contributed by atoms with E-state index in [0.29, 0.717) is 23.6 Å². The molecule has 0 aliphatic heterocycles. The highest BCUT2D eigenvalue weighted by atomic mass is 32.1. The molecule has 1 aliphatic rings. The lowest BCUT2D eigenvalue weighted by Gasteiger charge is -2.17. The highest BCUT2D eigenvalue weighted by molar-refractivity contribution is 7.80. The van der Waals surface area contributed by atoms with Crippen LogP contribution in [0.2, 0.25) is 0 Å². The van der Waals surface area contributed by atoms with Crippen LogP contribution in [-0.4, -0.2) is 20.8 Å². The van der Waals surface area contributed by atoms with Gasteiger partial charge in [-0.05, 0) is 49.9 Å². The van der Waals surface area contributed by atoms with E-state index in [4.69, 9.17) is 12.2 Å². The summed E-state index contributed by atoms with van der Waals surface area (Å²) in [5, 5.41) is 20.2. The van der Waals surface area contributed by atoms with Crippen LogP contribution >= 0.6 is 23.6 Å². The number of hydrogen-bond acceptors (Lipinski definition) is 5. The molecule has 0 radical (unpaired) electrons. The highest BCUT2D eigenvalue weighted by Crippen LogP contribution is 2.39. The maximum atomic E-state index is 12.2. The third-order valence-corrected chi connectivity index (χ3v) is 5.67. The van der Waals surface area contributed by atoms with Crippen LogP contribution in [0.3, 0.4) is 0 Å². The number of carbonyl (C=O) groups is 1. The Bertz CT molecular complexity index is 861. The quantitative estimate of drug-likeness (QED) is 0.808. The molecule has 0 spiro atoms. The molecule has 2 aromatic heterocycles. The molecule has 2 heterocycles. The van der Waals surface area contributed by atoms with Crippen molar-refractivity contribution in [2.24, 2.45) is 5.92 Å². The van der Waals surface area contributed by atoms with Gasteiger partial charge in [0.2, 0.25) is 0 Å². The highest BCUT2D eigenvalue weighted by Gasteiger charge is 2.24. The maximum Gasteiger partial charge on any atom is 0.260 e. The molecule has 6 nitrogen and oxygen atoms in total. The van der Waals surface area contributed by atoms with E-state index in [2.05, 4.69) is 28.7 Å². The van der Waals surface area contributed by atoms with Crippen LogP contribution in [0.4, 0.5) is 5.00 Å². The average molecular weight is 374 g/mol. The van der Waals surface area contributed by atoms with Gasteiger partial charge in [-0.3, -0.25) is 14.8 Å². The Morgan fingerprint density at radius 3 is 3.08 bits per heavy atom. The lowest BCUT2D eigenvalue weighted by Crippen LogP contribution is -2.33. The van der Waals surface area contributed by atoms with E-state index in [1.807, 2.05) is 6.92 Å². The molecule has 0 fully saturated rings. The van der Waals surface area contributed by atoms with Gasteiger partial charge in [0.05, 0.1) is 17.3 Å². The first-order valence-corrected chi connectivity index (χ1v) is 9.43. The zero-order valence-electron chi connectivity index (χ0n) is 14.1. The molecule has 1 amide bonds. The molecule has 0 saturated carbocycles. The third-order valence-electron chi connectivity index (χ3n) is 4.30. The number of rotatable bonds is 3. The molecule has 0 saturated heterocycles. The van der Waals surface area contributed by atoms with Gasteiger partial charge in [0, 0.05) is 17.6 Å². The summed E-state index contributed by atoms with van der Waals surface area (Å²) in [6.45, 7) is 4.87. The van der Waals surface area contributed by atoms with Crippen molar-refractivity contribution in [1.29, 1.82) is 5.26 Å². The Labute approximate surface area is 155 Å². The summed E-state index contributed by atoms with van der Waals surface area (Å²) in [4.78, 5) is 13.5. The number of nitrogens with zero attached hydrogens (tertiary/aromatic N) is 3. The van der Waals surface area contributed by atoms with Crippen LogP contribution in [0, 0.1) is 17.2 Å². The summed E-state index contributed by atoms with van der Waals surface area (Å²) in [6.07, 6.45) is 6.19. The van der Waals surface area contributed by atoms with E-state index >= 15 is 0 Å². The molecule has 2 N–H and O–H groups in total. The summed E-state index contributed by atoms with van der Waals surface area (Å²) < 4.78 is 1.67. The van der Waals surface area contributed by atoms with Gasteiger partial charge in [0.25, 0.3) is 5.91 Å². The van der Waals surface area contributed by atoms with Gasteiger partial charge < -0.3 is 5.32 Å². The normalized spacial score (nSPS) is 16.0. The predicted octanol–water partition coefficient (Wildman–Crippen LogP) is 3.09. The van der Waals surface area contributed by atoms with Crippen molar-refractivity contribution in [2.45, 2.75) is 39.7 Å². The molecule has 2 aromatic rings. The number of hydrogen-bond donors (Lipinski definition) is 2. The average Bonchev–Trinajstić information content (AvgIpc) is 3.18. The summed E-state index contributed by atoms with van der Waals surface area (Å²) in [7, 11) is 0. The van der Waals surface area contributed by atoms with Crippen LogP contribution in [0.5, 0.6) is 0 Å². The minimum atomic E-state index is -0.314. The Kier molecular flexibility index (Phi) is 5.16. The molecule has 1 atom stereocenters. The second-order valence-corrected chi connectivity index (χ2v) is 7.67. The van der Waals surface area contributed by atoms with Crippen molar-refractivity contribution >= 4 is 39.6 Å². The van der Waals surface area contributed by atoms with Crippen molar-refractivity contribution in [3.63, 3.8) is 0 Å². The molecule has 3 rings (SSSR count). The zero-order chi connectivity index (χ0) is 18.0. The molecule has 1 unspecified atom stereocenters. The van der Waals surface area contributed by atoms with E-state index in [1.165, 1.54) is 11.1 Å². The summed E-state index contributed by atoms with van der Waals surface area (Å²) in [5.41, 5.74) is 2.24. The number of thiocarbonyl (C=S) groups is 1. The van der Waals surface area contributed by atoms with Crippen LogP contribution in [-0.2, 0) is 19.4 Å². The number of amides is 1. The zero-order valence-corrected chi connectivity index (χ0v) is 15.8. The van der Waals surface area contributed by atoms with Gasteiger partial charge in [-0.15, -0.1) is 11.3 Å². The van der Waals surface area contributed by atoms with Crippen LogP contribution in [0.15, 0.2) is 12.4 Å². The molecule has 130 valence electrons. The second kappa shape index (κ2) is 7.33. The minimum absolute atomic E-state index is 0.192. The number of fused-ring (bicyclic) bond motifs is 1. The van der Waals surface area contributed by atoms with Gasteiger partial charge in [-0.25, -0.2) is 0 Å². The SMILES string of the molecule is CCn1cc(C(=O)NC(=S)Nc2sc3c(c2C#N)CCC(C)C3)cn1. The van der Waals surface area contributed by atoms with Gasteiger partial charge >= 0.3 is 0 Å². The lowest BCUT2D eigenvalue weighted by molar-refractivity contribution is 0.0977. The number of nitriles is 1. The monoisotopic (exact) mass is 373 g/mol. The standard InChI is InChI=1S/C17H19N5OS2/c1-3-22-9-11(8-19-22)15(23)20-17(24)21-16-13(7-18)12-5-4-10(2)6-14(12)25-16/h8-10H,3-6H2,1-2H3,(H2,20,21,23,24). The molecule has 25 heavy (non-hydrogen) atoms. The Balaban J connectivity index is 1.71. The number of carbonyl (C=O) groups excluding carboxylic acids is 1. The van der Waals surface area contributed by atoms with Crippen molar-refractivity contribution in [3.8, 4) is 6.07 Å². The lowest BCUT2D eigenvalue weighted by atomic mass is 9.89. The first-order chi connectivity index (χ1) is 12.0. The largest absolute Gasteiger partial charge is 0.323 e. The van der Waals surface area contributed by atoms with Crippen LogP contribution in [0.25, 0.3) is 0 Å². The maximum absolute atomic E-state index is 12.2. The first-order valence-electron chi connectivity index (χ1n) is 8.21. The molecule has 0 bridgehead atoms. The first kappa shape index (κ1) is 17.6. The fourth-order valence-corrected chi connectivity index (χ4v) is 4.55. The topological polar surface area (TPSA) is 82.7 Å². The van der Waals surface area contributed by atoms with Crippen molar-refractivity contribution < 1.29 is 4.79 Å². The van der Waals surface area contributed by atoms with Gasteiger partial charge in [-0.2, -0.15) is 10.4 Å². The minimum Gasteiger partial charge on any atom is -0.323 e. The number of aromatic nitrogens is 2. The van der Waals surface area contributed by atoms with Gasteiger partial charge in [0.15, 0.2) is 5.11 Å². The number of aryl methyl sites for hydroxylation is 1. The molecular weight excluding hydrogens is 354 g/mol. The molecule has 1 aliphatic carbocycles. The van der Waals surface area contributed by atoms with E-state index < -0.39 is 0 Å². The van der Waals surface area contributed by atoms with Crippen molar-refractivity contribution in [1.82, 2.24) is 15.1 Å². The van der Waals surface area contributed by atoms with E-state index in [1.54, 1.807) is 22.2 Å². The summed E-state index contributed by atoms with van der Waals surface area (Å²) >= 11 is 6.81. The molecule has 8 heteroatoms. The third kappa shape index (κ3) is 3.72. The Hall–Kier alpha value is -2.24. The van der Waals surface area contributed by atoms with Gasteiger partial charge in [-0.1, -0.05) is 6.92 Å². The van der Waals surface area contributed by atoms with Crippen LogP contribution < -0.4 is 10.6 Å². The Morgan fingerprint density at radius 2 is 2.40 bits per heavy atom. The predicted molar refractivity (Wildman–Crippen MR) is 102 cm³/mol. The van der Waals surface area contributed by atoms with Gasteiger partial charge in [0.1, 0.15) is 11.1 Å². The summed E-state index contributed by atoms with van der Waals surface area (Å²) in [5.74, 6) is 0.318. The van der Waals surface area contributed by atoms with Crippen molar-refractivity contribution in [3.05, 3.63) is 34.0 Å². The van der Waals surface area contributed by atoms with E-state index in [0.717, 1.165) is 29.8 Å². The van der Waals surface area contributed by atoms with Crippen LogP contribution in [0.1, 0.15) is 46.6 Å². The second-order valence-electron chi connectivity index (χ2n) is 6.16. The molecular formula is C17H19N5OS2. The fraction of sp³-hybridized carbons (Fsp3) is 0.412. The number of thiophene rings is 1. The number of nitrogens with one attached hydrogen (secondary N) is 2. The van der Waals surface area contributed by atoms with E-state index in [9.17, 15) is 10.1 Å². The van der Waals surface area contributed by atoms with Crippen molar-refractivity contribution in [2.75, 3.05) is 5.32 Å². The number of anilines is 1. The van der Waals surface area contributed by atoms with E-state index in [-0.39, 0.29) is 11.0 Å². The fourth-order valence-electron chi connectivity index (χ4n) is 2.92. The molecule has 0 aromatic carbocycles. The smallest absolute Gasteiger partial charge is 0.260 e. The summed E-state index contributed by atoms with van der Waals surface area (Å²) in [6, 6.07) is 2.28.